The van der Waals surface area contributed by atoms with Gasteiger partial charge >= 0.3 is 0 Å². The number of ether oxygens (including phenoxy) is 1. The molecular weight excluding hydrogens is 387 g/mol. The Kier molecular flexibility index (Phi) is 11.3. The summed E-state index contributed by atoms with van der Waals surface area (Å²) in [5, 5.41) is 6.26. The summed E-state index contributed by atoms with van der Waals surface area (Å²) in [4.78, 5) is 24.9. The Hall–Kier alpha value is -1.04. The summed E-state index contributed by atoms with van der Waals surface area (Å²) < 4.78 is 5.91. The zero-order chi connectivity index (χ0) is 21.7. The minimum Gasteiger partial charge on any atom is -0.403 e. The second-order valence-electron chi connectivity index (χ2n) is 10.2. The lowest BCUT2D eigenvalue weighted by Crippen LogP contribution is -2.43. The summed E-state index contributed by atoms with van der Waals surface area (Å²) in [6.07, 6.45) is 21.3. The summed E-state index contributed by atoms with van der Waals surface area (Å²) in [6, 6.07) is 0.187. The van der Waals surface area contributed by atoms with E-state index >= 15 is 0 Å². The molecule has 5 nitrogen and oxygen atoms in total. The smallest absolute Gasteiger partial charge is 0.249 e. The number of hydrogen-bond donors (Lipinski definition) is 2. The van der Waals surface area contributed by atoms with Gasteiger partial charge in [0.25, 0.3) is 0 Å². The number of rotatable bonds is 7. The van der Waals surface area contributed by atoms with Gasteiger partial charge in [-0.3, -0.25) is 9.59 Å². The number of nitrogens with one attached hydrogen (secondary N) is 2. The van der Waals surface area contributed by atoms with Crippen LogP contribution in [0.4, 0.5) is 0 Å². The van der Waals surface area contributed by atoms with Crippen LogP contribution in [0.2, 0.25) is 5.82 Å². The van der Waals surface area contributed by atoms with Crippen molar-refractivity contribution in [3.8, 4) is 0 Å². The van der Waals surface area contributed by atoms with Crippen molar-refractivity contribution in [2.45, 2.75) is 134 Å². The Balaban J connectivity index is 1.27. The van der Waals surface area contributed by atoms with E-state index in [0.717, 1.165) is 38.5 Å². The first kappa shape index (κ1) is 24.6. The first-order valence-electron chi connectivity index (χ1n) is 13.3. The van der Waals surface area contributed by atoms with Crippen molar-refractivity contribution in [2.24, 2.45) is 5.92 Å². The lowest BCUT2D eigenvalue weighted by atomic mass is 9.68. The third kappa shape index (κ3) is 9.55. The molecule has 175 valence electrons. The fourth-order valence-corrected chi connectivity index (χ4v) is 5.52. The quantitative estimate of drug-likeness (QED) is 0.554. The van der Waals surface area contributed by atoms with Crippen LogP contribution in [0.25, 0.3) is 0 Å². The summed E-state index contributed by atoms with van der Waals surface area (Å²) in [5.74, 6) is 0.814. The molecule has 2 amide bonds. The second-order valence-corrected chi connectivity index (χ2v) is 10.2. The van der Waals surface area contributed by atoms with Gasteiger partial charge in [-0.25, -0.2) is 0 Å². The highest BCUT2D eigenvalue weighted by atomic mass is 16.5. The molecule has 31 heavy (non-hydrogen) atoms. The van der Waals surface area contributed by atoms with Crippen molar-refractivity contribution < 1.29 is 14.3 Å². The Bertz CT molecular complexity index is 521. The van der Waals surface area contributed by atoms with Crippen molar-refractivity contribution in [1.29, 1.82) is 0 Å². The van der Waals surface area contributed by atoms with Crippen molar-refractivity contribution in [3.63, 3.8) is 0 Å². The first-order valence-corrected chi connectivity index (χ1v) is 13.3. The average molecular weight is 431 g/mol. The summed E-state index contributed by atoms with van der Waals surface area (Å²) in [6.45, 7) is 0.182. The minimum atomic E-state index is 0.00702. The molecule has 3 aliphatic rings. The molecule has 2 N–H and O–H groups in total. The average Bonchev–Trinajstić information content (AvgIpc) is 2.72. The third-order valence-corrected chi connectivity index (χ3v) is 7.58. The zero-order valence-electron chi connectivity index (χ0n) is 19.5. The van der Waals surface area contributed by atoms with E-state index in [1.165, 1.54) is 77.0 Å². The van der Waals surface area contributed by atoms with Crippen LogP contribution in [0.5, 0.6) is 0 Å². The van der Waals surface area contributed by atoms with Crippen LogP contribution in [-0.4, -0.2) is 38.0 Å². The number of carbonyl (C=O) groups excluding carboxylic acids is 2. The zero-order valence-corrected chi connectivity index (χ0v) is 19.5. The monoisotopic (exact) mass is 431 g/mol. The molecule has 3 saturated carbocycles. The largest absolute Gasteiger partial charge is 0.403 e. The van der Waals surface area contributed by atoms with Crippen molar-refractivity contribution in [3.05, 3.63) is 0 Å². The molecule has 0 atom stereocenters. The molecule has 3 fully saturated rings. The lowest BCUT2D eigenvalue weighted by molar-refractivity contribution is -0.129. The van der Waals surface area contributed by atoms with E-state index in [1.54, 1.807) is 0 Å². The fraction of sp³-hybridized carbons (Fsp3) is 0.920. The molecule has 0 aliphatic heterocycles. The predicted molar refractivity (Wildman–Crippen MR) is 126 cm³/mol. The van der Waals surface area contributed by atoms with E-state index in [1.807, 2.05) is 0 Å². The van der Waals surface area contributed by atoms with E-state index in [-0.39, 0.29) is 36.5 Å². The fourth-order valence-electron chi connectivity index (χ4n) is 5.52. The van der Waals surface area contributed by atoms with Crippen LogP contribution in [0.15, 0.2) is 0 Å². The normalized spacial score (nSPS) is 27.2. The Morgan fingerprint density at radius 3 is 1.87 bits per heavy atom. The van der Waals surface area contributed by atoms with Crippen LogP contribution >= 0.6 is 0 Å². The lowest BCUT2D eigenvalue weighted by Gasteiger charge is -2.29. The molecule has 0 aromatic carbocycles. The van der Waals surface area contributed by atoms with Gasteiger partial charge in [-0.2, -0.15) is 0 Å². The van der Waals surface area contributed by atoms with E-state index in [9.17, 15) is 9.59 Å². The SMILES string of the molecule is O=C(COC1CCCCCCC1)NC1CCC(C(=O)N[B]C2CCCCCCC2)CC1. The summed E-state index contributed by atoms with van der Waals surface area (Å²) >= 11 is 0. The van der Waals surface area contributed by atoms with Gasteiger partial charge in [0.15, 0.2) is 0 Å². The second kappa shape index (κ2) is 14.2. The van der Waals surface area contributed by atoms with Gasteiger partial charge in [-0.15, -0.1) is 0 Å². The van der Waals surface area contributed by atoms with E-state index in [2.05, 4.69) is 18.0 Å². The van der Waals surface area contributed by atoms with Gasteiger partial charge in [-0.1, -0.05) is 77.0 Å². The molecule has 0 aromatic heterocycles. The van der Waals surface area contributed by atoms with Gasteiger partial charge < -0.3 is 15.3 Å². The Morgan fingerprint density at radius 2 is 1.26 bits per heavy atom. The number of carbonyl (C=O) groups is 2. The molecule has 3 rings (SSSR count). The maximum atomic E-state index is 12.6. The minimum absolute atomic E-state index is 0.00702. The number of amides is 2. The molecule has 0 unspecified atom stereocenters. The van der Waals surface area contributed by atoms with Gasteiger partial charge in [0.1, 0.15) is 6.61 Å². The Morgan fingerprint density at radius 1 is 0.710 bits per heavy atom. The molecule has 1 radical (unpaired) electrons. The molecule has 0 bridgehead atoms. The Labute approximate surface area is 190 Å². The van der Waals surface area contributed by atoms with Crippen LogP contribution in [0.1, 0.15) is 116 Å². The molecule has 0 spiro atoms. The standard InChI is InChI=1S/C25H44BN2O3/c29-24(19-31-23-13-9-5-2-6-10-14-23)27-22-17-15-20(16-18-22)25(30)28-26-21-11-7-3-1-4-8-12-21/h20-23H,1-19H2,(H,27,29)(H,28,30). The van der Waals surface area contributed by atoms with Gasteiger partial charge in [0.2, 0.25) is 19.2 Å². The van der Waals surface area contributed by atoms with Crippen LogP contribution < -0.4 is 10.5 Å². The van der Waals surface area contributed by atoms with Gasteiger partial charge in [-0.05, 0) is 44.3 Å². The highest BCUT2D eigenvalue weighted by Gasteiger charge is 2.28. The van der Waals surface area contributed by atoms with Crippen molar-refractivity contribution >= 4 is 19.2 Å². The van der Waals surface area contributed by atoms with E-state index < -0.39 is 0 Å². The third-order valence-electron chi connectivity index (χ3n) is 7.58. The summed E-state index contributed by atoms with van der Waals surface area (Å²) in [7, 11) is 2.08. The van der Waals surface area contributed by atoms with Gasteiger partial charge in [0, 0.05) is 12.0 Å². The predicted octanol–water partition coefficient (Wildman–Crippen LogP) is 5.06. The molecule has 0 aromatic rings. The summed E-state index contributed by atoms with van der Waals surface area (Å²) in [5.41, 5.74) is 0. The van der Waals surface area contributed by atoms with Crippen molar-refractivity contribution in [1.82, 2.24) is 10.5 Å². The molecule has 0 heterocycles. The maximum absolute atomic E-state index is 12.6. The van der Waals surface area contributed by atoms with E-state index in [0.29, 0.717) is 5.82 Å². The van der Waals surface area contributed by atoms with E-state index in [4.69, 9.17) is 4.74 Å². The highest BCUT2D eigenvalue weighted by molar-refractivity contribution is 6.39. The molecular formula is C25H44BN2O3. The van der Waals surface area contributed by atoms with Crippen molar-refractivity contribution in [2.75, 3.05) is 6.61 Å². The van der Waals surface area contributed by atoms with Crippen LogP contribution in [-0.2, 0) is 14.3 Å². The maximum Gasteiger partial charge on any atom is 0.249 e. The highest BCUT2D eigenvalue weighted by Crippen LogP contribution is 2.27. The molecule has 6 heteroatoms. The van der Waals surface area contributed by atoms with Crippen LogP contribution in [0, 0.1) is 5.92 Å². The molecule has 0 saturated heterocycles. The van der Waals surface area contributed by atoms with Gasteiger partial charge in [0.05, 0.1) is 6.10 Å². The first-order chi connectivity index (χ1) is 15.2. The van der Waals surface area contributed by atoms with Crippen LogP contribution in [0.3, 0.4) is 0 Å². The number of hydrogen-bond acceptors (Lipinski definition) is 3. The topological polar surface area (TPSA) is 67.4 Å². The molecule has 3 aliphatic carbocycles.